The fourth-order valence-electron chi connectivity index (χ4n) is 2.26. The van der Waals surface area contributed by atoms with E-state index in [0.29, 0.717) is 5.56 Å². The molecule has 1 unspecified atom stereocenters. The van der Waals surface area contributed by atoms with Gasteiger partial charge in [0.2, 0.25) is 0 Å². The number of ether oxygens (including phenoxy) is 1. The topological polar surface area (TPSA) is 58.2 Å². The molecule has 2 aromatic rings. The minimum absolute atomic E-state index is 0.0478. The van der Waals surface area contributed by atoms with Gasteiger partial charge in [-0.2, -0.15) is 5.26 Å². The number of aryl methyl sites for hydroxylation is 2. The first kappa shape index (κ1) is 14.0. The maximum absolute atomic E-state index is 9.17. The van der Waals surface area contributed by atoms with Crippen LogP contribution < -0.4 is 10.1 Å². The van der Waals surface area contributed by atoms with Gasteiger partial charge in [0.1, 0.15) is 23.3 Å². The van der Waals surface area contributed by atoms with E-state index in [9.17, 15) is 5.26 Å². The number of hydrogen-bond acceptors (Lipinski definition) is 4. The Balaban J connectivity index is 2.29. The van der Waals surface area contributed by atoms with E-state index >= 15 is 0 Å². The van der Waals surface area contributed by atoms with Crippen LogP contribution in [-0.2, 0) is 0 Å². The molecule has 0 saturated heterocycles. The summed E-state index contributed by atoms with van der Waals surface area (Å²) in [6.07, 6.45) is 0. The number of nitriles is 1. The van der Waals surface area contributed by atoms with Crippen molar-refractivity contribution in [1.82, 2.24) is 0 Å². The summed E-state index contributed by atoms with van der Waals surface area (Å²) in [5.74, 6) is 2.50. The molecule has 0 fully saturated rings. The third-order valence-corrected chi connectivity index (χ3v) is 3.27. The molecule has 2 rings (SSSR count). The largest absolute Gasteiger partial charge is 0.497 e. The predicted molar refractivity (Wildman–Crippen MR) is 77.9 cm³/mol. The molecule has 0 saturated carbocycles. The highest BCUT2D eigenvalue weighted by molar-refractivity contribution is 5.61. The van der Waals surface area contributed by atoms with Crippen molar-refractivity contribution >= 4 is 5.69 Å². The first-order valence-corrected chi connectivity index (χ1v) is 6.46. The molecule has 0 aliphatic rings. The molecular weight excluding hydrogens is 252 g/mol. The first-order chi connectivity index (χ1) is 9.55. The molecule has 0 aliphatic heterocycles. The zero-order chi connectivity index (χ0) is 14.7. The minimum Gasteiger partial charge on any atom is -0.497 e. The summed E-state index contributed by atoms with van der Waals surface area (Å²) in [7, 11) is 1.61. The van der Waals surface area contributed by atoms with Crippen LogP contribution in [0.3, 0.4) is 0 Å². The van der Waals surface area contributed by atoms with Gasteiger partial charge in [-0.05, 0) is 39.0 Å². The van der Waals surface area contributed by atoms with Gasteiger partial charge >= 0.3 is 0 Å². The van der Waals surface area contributed by atoms with E-state index in [2.05, 4.69) is 11.4 Å². The normalized spacial score (nSPS) is 11.8. The van der Waals surface area contributed by atoms with Gasteiger partial charge in [-0.25, -0.2) is 0 Å². The van der Waals surface area contributed by atoms with Gasteiger partial charge in [0.15, 0.2) is 0 Å². The monoisotopic (exact) mass is 270 g/mol. The molecule has 1 N–H and O–H groups in total. The average molecular weight is 270 g/mol. The van der Waals surface area contributed by atoms with Gasteiger partial charge < -0.3 is 14.5 Å². The Morgan fingerprint density at radius 3 is 2.60 bits per heavy atom. The second kappa shape index (κ2) is 5.70. The zero-order valence-electron chi connectivity index (χ0n) is 12.2. The molecule has 1 heterocycles. The highest BCUT2D eigenvalue weighted by atomic mass is 16.5. The summed E-state index contributed by atoms with van der Waals surface area (Å²) in [5, 5.41) is 12.5. The summed E-state index contributed by atoms with van der Waals surface area (Å²) in [6, 6.07) is 9.60. The van der Waals surface area contributed by atoms with Crippen LogP contribution in [0.5, 0.6) is 5.75 Å². The second-order valence-corrected chi connectivity index (χ2v) is 4.76. The second-order valence-electron chi connectivity index (χ2n) is 4.76. The molecule has 0 aliphatic carbocycles. The van der Waals surface area contributed by atoms with Crippen molar-refractivity contribution in [2.24, 2.45) is 0 Å². The first-order valence-electron chi connectivity index (χ1n) is 6.46. The third kappa shape index (κ3) is 2.77. The number of methoxy groups -OCH3 is 1. The average Bonchev–Trinajstić information content (AvgIpc) is 2.77. The van der Waals surface area contributed by atoms with Gasteiger partial charge in [0.25, 0.3) is 0 Å². The van der Waals surface area contributed by atoms with Crippen LogP contribution in [0.25, 0.3) is 0 Å². The lowest BCUT2D eigenvalue weighted by Crippen LogP contribution is -2.08. The van der Waals surface area contributed by atoms with Gasteiger partial charge in [-0.3, -0.25) is 0 Å². The maximum atomic E-state index is 9.17. The Bertz CT molecular complexity index is 653. The number of nitrogens with one attached hydrogen (secondary N) is 1. The van der Waals surface area contributed by atoms with E-state index in [1.807, 2.05) is 32.9 Å². The Labute approximate surface area is 119 Å². The standard InChI is InChI=1S/C16H18N2O2/c1-10-7-15(12(3)20-10)11(2)18-16-8-14(19-4)6-5-13(16)9-17/h5-8,11,18H,1-4H3. The van der Waals surface area contributed by atoms with Crippen LogP contribution in [0.15, 0.2) is 28.7 Å². The molecule has 0 bridgehead atoms. The lowest BCUT2D eigenvalue weighted by atomic mass is 10.1. The van der Waals surface area contributed by atoms with Crippen molar-refractivity contribution in [3.8, 4) is 11.8 Å². The molecule has 20 heavy (non-hydrogen) atoms. The highest BCUT2D eigenvalue weighted by Crippen LogP contribution is 2.28. The van der Waals surface area contributed by atoms with E-state index < -0.39 is 0 Å². The summed E-state index contributed by atoms with van der Waals surface area (Å²) >= 11 is 0. The van der Waals surface area contributed by atoms with Crippen molar-refractivity contribution < 1.29 is 9.15 Å². The van der Waals surface area contributed by atoms with Crippen LogP contribution in [0.1, 0.15) is 35.6 Å². The molecule has 104 valence electrons. The van der Waals surface area contributed by atoms with Gasteiger partial charge in [-0.15, -0.1) is 0 Å². The molecule has 1 aromatic carbocycles. The Hall–Kier alpha value is -2.41. The van der Waals surface area contributed by atoms with Crippen LogP contribution in [-0.4, -0.2) is 7.11 Å². The third-order valence-electron chi connectivity index (χ3n) is 3.27. The summed E-state index contributed by atoms with van der Waals surface area (Å²) in [5.41, 5.74) is 2.45. The van der Waals surface area contributed by atoms with Gasteiger partial charge in [0, 0.05) is 11.6 Å². The molecule has 4 heteroatoms. The molecule has 0 amide bonds. The number of rotatable bonds is 4. The van der Waals surface area contributed by atoms with Crippen molar-refractivity contribution in [3.05, 3.63) is 46.9 Å². The smallest absolute Gasteiger partial charge is 0.121 e. The summed E-state index contributed by atoms with van der Waals surface area (Å²) < 4.78 is 10.7. The van der Waals surface area contributed by atoms with E-state index in [-0.39, 0.29) is 6.04 Å². The Kier molecular flexibility index (Phi) is 3.99. The van der Waals surface area contributed by atoms with Crippen molar-refractivity contribution in [2.45, 2.75) is 26.8 Å². The minimum atomic E-state index is 0.0478. The van der Waals surface area contributed by atoms with Gasteiger partial charge in [0.05, 0.1) is 24.4 Å². The lowest BCUT2D eigenvalue weighted by molar-refractivity contribution is 0.415. The Morgan fingerprint density at radius 1 is 1.30 bits per heavy atom. The highest BCUT2D eigenvalue weighted by Gasteiger charge is 2.14. The fraction of sp³-hybridized carbons (Fsp3) is 0.312. The van der Waals surface area contributed by atoms with E-state index in [4.69, 9.17) is 9.15 Å². The molecule has 0 radical (unpaired) electrons. The van der Waals surface area contributed by atoms with Crippen LogP contribution in [0, 0.1) is 25.2 Å². The number of hydrogen-bond donors (Lipinski definition) is 1. The van der Waals surface area contributed by atoms with Crippen molar-refractivity contribution in [3.63, 3.8) is 0 Å². The van der Waals surface area contributed by atoms with E-state index in [1.165, 1.54) is 0 Å². The van der Waals surface area contributed by atoms with Crippen molar-refractivity contribution in [2.75, 3.05) is 12.4 Å². The summed E-state index contributed by atoms with van der Waals surface area (Å²) in [4.78, 5) is 0. The van der Waals surface area contributed by atoms with E-state index in [1.54, 1.807) is 19.2 Å². The molecule has 1 aromatic heterocycles. The predicted octanol–water partition coefficient (Wildman–Crippen LogP) is 3.95. The fourth-order valence-corrected chi connectivity index (χ4v) is 2.26. The Morgan fingerprint density at radius 2 is 2.05 bits per heavy atom. The molecule has 1 atom stereocenters. The molecule has 4 nitrogen and oxygen atoms in total. The maximum Gasteiger partial charge on any atom is 0.121 e. The van der Waals surface area contributed by atoms with Crippen LogP contribution in [0.4, 0.5) is 5.69 Å². The van der Waals surface area contributed by atoms with Crippen LogP contribution in [0.2, 0.25) is 0 Å². The number of benzene rings is 1. The molecule has 0 spiro atoms. The number of furan rings is 1. The molecular formula is C16H18N2O2. The van der Waals surface area contributed by atoms with Crippen molar-refractivity contribution in [1.29, 1.82) is 5.26 Å². The summed E-state index contributed by atoms with van der Waals surface area (Å²) in [6.45, 7) is 5.91. The zero-order valence-corrected chi connectivity index (χ0v) is 12.2. The quantitative estimate of drug-likeness (QED) is 0.913. The van der Waals surface area contributed by atoms with E-state index in [0.717, 1.165) is 28.5 Å². The number of nitrogens with zero attached hydrogens (tertiary/aromatic N) is 1. The SMILES string of the molecule is COc1ccc(C#N)c(NC(C)c2cc(C)oc2C)c1. The van der Waals surface area contributed by atoms with Gasteiger partial charge in [-0.1, -0.05) is 0 Å². The van der Waals surface area contributed by atoms with Crippen LogP contribution >= 0.6 is 0 Å². The number of anilines is 1. The lowest BCUT2D eigenvalue weighted by Gasteiger charge is -2.16.